The lowest BCUT2D eigenvalue weighted by Crippen LogP contribution is -2.12. The van der Waals surface area contributed by atoms with E-state index in [0.717, 1.165) is 11.3 Å². The highest BCUT2D eigenvalue weighted by Gasteiger charge is 2.20. The molecule has 0 heterocycles. The van der Waals surface area contributed by atoms with Crippen LogP contribution >= 0.6 is 0 Å². The Kier molecular flexibility index (Phi) is 7.65. The number of esters is 1. The molecule has 32 heavy (non-hydrogen) atoms. The Balaban J connectivity index is 1.67. The van der Waals surface area contributed by atoms with Gasteiger partial charge in [0.05, 0.1) is 20.8 Å². The van der Waals surface area contributed by atoms with Crippen LogP contribution in [0.4, 0.5) is 0 Å². The van der Waals surface area contributed by atoms with Gasteiger partial charge in [0.1, 0.15) is 28.6 Å². The number of allylic oxidation sites excluding steroid dienone is 1. The Morgan fingerprint density at radius 1 is 0.812 bits per heavy atom. The van der Waals surface area contributed by atoms with Gasteiger partial charge in [-0.15, -0.1) is 0 Å². The van der Waals surface area contributed by atoms with Crippen molar-refractivity contribution in [2.24, 2.45) is 0 Å². The molecular weight excluding hydrogens is 408 g/mol. The van der Waals surface area contributed by atoms with Crippen molar-refractivity contribution in [1.82, 2.24) is 0 Å². The number of carbonyl (C=O) groups excluding carboxylic acids is 2. The van der Waals surface area contributed by atoms with E-state index in [-0.39, 0.29) is 11.3 Å². The quantitative estimate of drug-likeness (QED) is 0.200. The Morgan fingerprint density at radius 2 is 1.41 bits per heavy atom. The molecule has 0 saturated carbocycles. The summed E-state index contributed by atoms with van der Waals surface area (Å²) in [5.74, 6) is 1.000. The zero-order valence-electron chi connectivity index (χ0n) is 18.2. The maximum Gasteiger partial charge on any atom is 0.351 e. The molecule has 3 aromatic rings. The molecule has 0 aliphatic heterocycles. The fraction of sp³-hybridized carbons (Fsp3) is 0.154. The molecule has 0 aliphatic rings. The normalized spacial score (nSPS) is 10.6. The first-order valence-electron chi connectivity index (χ1n) is 10.0. The number of carbonyl (C=O) groups is 2. The van der Waals surface area contributed by atoms with E-state index in [0.29, 0.717) is 29.4 Å². The largest absolute Gasteiger partial charge is 0.496 e. The van der Waals surface area contributed by atoms with Crippen LogP contribution in [0.15, 0.2) is 72.8 Å². The lowest BCUT2D eigenvalue weighted by atomic mass is 10.1. The van der Waals surface area contributed by atoms with E-state index in [9.17, 15) is 9.59 Å². The average molecular weight is 432 g/mol. The predicted octanol–water partition coefficient (Wildman–Crippen LogP) is 5.22. The van der Waals surface area contributed by atoms with Crippen LogP contribution in [0.5, 0.6) is 23.0 Å². The van der Waals surface area contributed by atoms with Gasteiger partial charge in [-0.25, -0.2) is 4.79 Å². The topological polar surface area (TPSA) is 71.1 Å². The van der Waals surface area contributed by atoms with E-state index in [1.807, 2.05) is 31.2 Å². The second-order valence-electron chi connectivity index (χ2n) is 6.65. The van der Waals surface area contributed by atoms with Crippen LogP contribution in [0.3, 0.4) is 0 Å². The van der Waals surface area contributed by atoms with Crippen LogP contribution < -0.4 is 18.9 Å². The number of benzene rings is 3. The van der Waals surface area contributed by atoms with Gasteiger partial charge in [-0.1, -0.05) is 24.3 Å². The highest BCUT2D eigenvalue weighted by Crippen LogP contribution is 2.29. The fourth-order valence-electron chi connectivity index (χ4n) is 3.01. The second kappa shape index (κ2) is 10.8. The third kappa shape index (κ3) is 5.55. The summed E-state index contributed by atoms with van der Waals surface area (Å²) in [7, 11) is 2.93. The summed E-state index contributed by atoms with van der Waals surface area (Å²) in [6, 6.07) is 18.8. The van der Waals surface area contributed by atoms with Crippen molar-refractivity contribution >= 4 is 17.8 Å². The molecule has 6 heteroatoms. The molecule has 0 radical (unpaired) electrons. The molecule has 0 bridgehead atoms. The molecule has 0 unspecified atom stereocenters. The zero-order valence-corrected chi connectivity index (χ0v) is 18.2. The van der Waals surface area contributed by atoms with Crippen molar-refractivity contribution in [2.75, 3.05) is 20.8 Å². The molecule has 0 aliphatic carbocycles. The third-order valence-electron chi connectivity index (χ3n) is 4.60. The van der Waals surface area contributed by atoms with E-state index < -0.39 is 5.97 Å². The molecular formula is C26H24O6. The van der Waals surface area contributed by atoms with Crippen LogP contribution in [0, 0.1) is 0 Å². The molecule has 0 saturated heterocycles. The average Bonchev–Trinajstić information content (AvgIpc) is 2.83. The summed E-state index contributed by atoms with van der Waals surface area (Å²) >= 11 is 0. The summed E-state index contributed by atoms with van der Waals surface area (Å²) in [5, 5.41) is 0. The van der Waals surface area contributed by atoms with Crippen molar-refractivity contribution in [3.8, 4) is 23.0 Å². The first-order valence-corrected chi connectivity index (χ1v) is 10.0. The minimum atomic E-state index is -0.617. The molecule has 3 aromatic carbocycles. The van der Waals surface area contributed by atoms with E-state index in [4.69, 9.17) is 18.9 Å². The van der Waals surface area contributed by atoms with Crippen molar-refractivity contribution in [3.05, 3.63) is 89.5 Å². The van der Waals surface area contributed by atoms with Gasteiger partial charge < -0.3 is 18.9 Å². The molecule has 0 spiro atoms. The van der Waals surface area contributed by atoms with Gasteiger partial charge in [-0.3, -0.25) is 4.79 Å². The molecule has 164 valence electrons. The van der Waals surface area contributed by atoms with Gasteiger partial charge in [-0.2, -0.15) is 0 Å². The van der Waals surface area contributed by atoms with Gasteiger partial charge in [0.25, 0.3) is 0 Å². The Bertz CT molecular complexity index is 1080. The lowest BCUT2D eigenvalue weighted by Gasteiger charge is -2.12. The maximum absolute atomic E-state index is 12.6. The standard InChI is InChI=1S/C26H24O6/c1-4-31-20-13-8-18(9-14-20)10-17-22(27)19-11-15-21(16-12-19)32-26(28)25-23(29-2)6-5-7-24(25)30-3/h5-17H,4H2,1-3H3/b17-10+. The van der Waals surface area contributed by atoms with E-state index >= 15 is 0 Å². The first kappa shape index (κ1) is 22.6. The van der Waals surface area contributed by atoms with Gasteiger partial charge in [0, 0.05) is 5.56 Å². The third-order valence-corrected chi connectivity index (χ3v) is 4.60. The SMILES string of the molecule is CCOc1ccc(/C=C/C(=O)c2ccc(OC(=O)c3c(OC)cccc3OC)cc2)cc1. The highest BCUT2D eigenvalue weighted by molar-refractivity contribution is 6.07. The molecule has 0 atom stereocenters. The predicted molar refractivity (Wildman–Crippen MR) is 122 cm³/mol. The van der Waals surface area contributed by atoms with Crippen LogP contribution in [0.2, 0.25) is 0 Å². The Hall–Kier alpha value is -4.06. The maximum atomic E-state index is 12.6. The number of hydrogen-bond acceptors (Lipinski definition) is 6. The number of ether oxygens (including phenoxy) is 4. The van der Waals surface area contributed by atoms with Crippen LogP contribution in [-0.4, -0.2) is 32.6 Å². The Morgan fingerprint density at radius 3 is 1.97 bits per heavy atom. The van der Waals surface area contributed by atoms with Gasteiger partial charge in [-0.05, 0) is 67.1 Å². The van der Waals surface area contributed by atoms with Crippen molar-refractivity contribution in [2.45, 2.75) is 6.92 Å². The molecule has 0 amide bonds. The number of rotatable bonds is 9. The zero-order chi connectivity index (χ0) is 22.9. The summed E-state index contributed by atoms with van der Waals surface area (Å²) in [6.07, 6.45) is 3.23. The Labute approximate surface area is 187 Å². The summed E-state index contributed by atoms with van der Waals surface area (Å²) in [5.41, 5.74) is 1.55. The van der Waals surface area contributed by atoms with Crippen molar-refractivity contribution < 1.29 is 28.5 Å². The number of methoxy groups -OCH3 is 2. The number of hydrogen-bond donors (Lipinski definition) is 0. The molecule has 3 rings (SSSR count). The van der Waals surface area contributed by atoms with Crippen LogP contribution in [0.25, 0.3) is 6.08 Å². The van der Waals surface area contributed by atoms with Crippen LogP contribution in [-0.2, 0) is 0 Å². The van der Waals surface area contributed by atoms with Gasteiger partial charge in [0.2, 0.25) is 0 Å². The molecule has 0 N–H and O–H groups in total. The van der Waals surface area contributed by atoms with Gasteiger partial charge >= 0.3 is 5.97 Å². The minimum absolute atomic E-state index is 0.164. The lowest BCUT2D eigenvalue weighted by molar-refractivity contribution is 0.0727. The smallest absolute Gasteiger partial charge is 0.351 e. The highest BCUT2D eigenvalue weighted by atomic mass is 16.5. The second-order valence-corrected chi connectivity index (χ2v) is 6.65. The molecule has 6 nitrogen and oxygen atoms in total. The fourth-order valence-corrected chi connectivity index (χ4v) is 3.01. The van der Waals surface area contributed by atoms with Crippen molar-refractivity contribution in [1.29, 1.82) is 0 Å². The number of ketones is 1. The van der Waals surface area contributed by atoms with E-state index in [2.05, 4.69) is 0 Å². The monoisotopic (exact) mass is 432 g/mol. The molecule has 0 aromatic heterocycles. The summed E-state index contributed by atoms with van der Waals surface area (Å²) in [6.45, 7) is 2.53. The van der Waals surface area contributed by atoms with E-state index in [1.54, 1.807) is 48.5 Å². The van der Waals surface area contributed by atoms with Crippen molar-refractivity contribution in [3.63, 3.8) is 0 Å². The minimum Gasteiger partial charge on any atom is -0.496 e. The van der Waals surface area contributed by atoms with E-state index in [1.165, 1.54) is 20.3 Å². The summed E-state index contributed by atoms with van der Waals surface area (Å²) in [4.78, 5) is 25.1. The van der Waals surface area contributed by atoms with Gasteiger partial charge in [0.15, 0.2) is 5.78 Å². The molecule has 0 fully saturated rings. The first-order chi connectivity index (χ1) is 15.5. The van der Waals surface area contributed by atoms with Crippen LogP contribution in [0.1, 0.15) is 33.2 Å². The summed E-state index contributed by atoms with van der Waals surface area (Å²) < 4.78 is 21.3.